The van der Waals surface area contributed by atoms with Gasteiger partial charge < -0.3 is 9.47 Å². The van der Waals surface area contributed by atoms with E-state index >= 15 is 0 Å². The third-order valence-electron chi connectivity index (χ3n) is 5.31. The maximum atomic E-state index is 12.1. The molecule has 0 radical (unpaired) electrons. The SMILES string of the molecule is CCCCCCCCOc1ccc(N=Cc2ccc(C(=O)OCC(C)CC)cc2)cc1. The summed E-state index contributed by atoms with van der Waals surface area (Å²) < 4.78 is 11.1. The number of hydrogen-bond acceptors (Lipinski definition) is 4. The Balaban J connectivity index is 1.75. The number of carbonyl (C=O) groups excluding carboxylic acids is 1. The summed E-state index contributed by atoms with van der Waals surface area (Å²) >= 11 is 0. The molecule has 2 aromatic carbocycles. The fourth-order valence-electron chi connectivity index (χ4n) is 2.97. The monoisotopic (exact) mass is 423 g/mol. The largest absolute Gasteiger partial charge is 0.494 e. The summed E-state index contributed by atoms with van der Waals surface area (Å²) in [6, 6.07) is 15.1. The van der Waals surface area contributed by atoms with Crippen LogP contribution in [0.15, 0.2) is 53.5 Å². The van der Waals surface area contributed by atoms with Crippen LogP contribution in [0.4, 0.5) is 5.69 Å². The number of nitrogens with zero attached hydrogens (tertiary/aromatic N) is 1. The Labute approximate surface area is 187 Å². The first-order chi connectivity index (χ1) is 15.1. The Morgan fingerprint density at radius 2 is 1.61 bits per heavy atom. The van der Waals surface area contributed by atoms with Gasteiger partial charge in [0.2, 0.25) is 0 Å². The lowest BCUT2D eigenvalue weighted by atomic mass is 10.1. The van der Waals surface area contributed by atoms with Crippen LogP contribution >= 0.6 is 0 Å². The van der Waals surface area contributed by atoms with Crippen LogP contribution in [-0.2, 0) is 4.74 Å². The van der Waals surface area contributed by atoms with Gasteiger partial charge in [-0.2, -0.15) is 0 Å². The second kappa shape index (κ2) is 14.4. The average Bonchev–Trinajstić information content (AvgIpc) is 2.81. The smallest absolute Gasteiger partial charge is 0.338 e. The highest BCUT2D eigenvalue weighted by Crippen LogP contribution is 2.19. The molecule has 0 spiro atoms. The van der Waals surface area contributed by atoms with Crippen LogP contribution in [0.25, 0.3) is 0 Å². The van der Waals surface area contributed by atoms with E-state index in [-0.39, 0.29) is 5.97 Å². The number of carbonyl (C=O) groups is 1. The summed E-state index contributed by atoms with van der Waals surface area (Å²) in [5, 5.41) is 0. The molecule has 4 heteroatoms. The van der Waals surface area contributed by atoms with Gasteiger partial charge in [0.25, 0.3) is 0 Å². The standard InChI is InChI=1S/C27H37NO3/c1-4-6-7-8-9-10-19-30-26-17-15-25(16-18-26)28-20-23-11-13-24(14-12-23)27(29)31-21-22(3)5-2/h11-18,20,22H,4-10,19,21H2,1-3H3. The molecule has 0 aliphatic heterocycles. The molecule has 0 aliphatic carbocycles. The van der Waals surface area contributed by atoms with Gasteiger partial charge in [0, 0.05) is 6.21 Å². The van der Waals surface area contributed by atoms with Crippen molar-refractivity contribution in [2.75, 3.05) is 13.2 Å². The first-order valence-electron chi connectivity index (χ1n) is 11.7. The molecule has 0 fully saturated rings. The van der Waals surface area contributed by atoms with E-state index in [2.05, 4.69) is 25.8 Å². The zero-order valence-electron chi connectivity index (χ0n) is 19.3. The van der Waals surface area contributed by atoms with Crippen LogP contribution in [0, 0.1) is 5.92 Å². The van der Waals surface area contributed by atoms with Gasteiger partial charge in [0.05, 0.1) is 24.5 Å². The van der Waals surface area contributed by atoms with E-state index < -0.39 is 0 Å². The minimum Gasteiger partial charge on any atom is -0.494 e. The molecule has 2 aromatic rings. The molecule has 0 N–H and O–H groups in total. The minimum atomic E-state index is -0.277. The van der Waals surface area contributed by atoms with Crippen molar-refractivity contribution in [2.24, 2.45) is 10.9 Å². The van der Waals surface area contributed by atoms with E-state index in [1.54, 1.807) is 18.3 Å². The molecule has 1 unspecified atom stereocenters. The Morgan fingerprint density at radius 1 is 0.935 bits per heavy atom. The summed E-state index contributed by atoms with van der Waals surface area (Å²) in [6.07, 6.45) is 10.4. The summed E-state index contributed by atoms with van der Waals surface area (Å²) in [4.78, 5) is 16.6. The molecule has 1 atom stereocenters. The van der Waals surface area contributed by atoms with E-state index in [9.17, 15) is 4.79 Å². The van der Waals surface area contributed by atoms with Crippen molar-refractivity contribution in [1.29, 1.82) is 0 Å². The number of hydrogen-bond donors (Lipinski definition) is 0. The highest BCUT2D eigenvalue weighted by Gasteiger charge is 2.08. The molecule has 2 rings (SSSR count). The summed E-state index contributed by atoms with van der Waals surface area (Å²) in [6.45, 7) is 7.61. The third-order valence-corrected chi connectivity index (χ3v) is 5.31. The summed E-state index contributed by atoms with van der Waals surface area (Å²) in [5.41, 5.74) is 2.36. The fourth-order valence-corrected chi connectivity index (χ4v) is 2.97. The topological polar surface area (TPSA) is 47.9 Å². The normalized spacial score (nSPS) is 12.1. The average molecular weight is 424 g/mol. The predicted molar refractivity (Wildman–Crippen MR) is 129 cm³/mol. The van der Waals surface area contributed by atoms with Gasteiger partial charge in [-0.15, -0.1) is 0 Å². The molecule has 0 saturated heterocycles. The van der Waals surface area contributed by atoms with Crippen molar-refractivity contribution in [2.45, 2.75) is 65.7 Å². The molecule has 0 saturated carbocycles. The van der Waals surface area contributed by atoms with E-state index in [4.69, 9.17) is 9.47 Å². The van der Waals surface area contributed by atoms with Crippen molar-refractivity contribution >= 4 is 17.9 Å². The first-order valence-corrected chi connectivity index (χ1v) is 11.7. The lowest BCUT2D eigenvalue weighted by Gasteiger charge is -2.09. The van der Waals surface area contributed by atoms with Gasteiger partial charge in [0.1, 0.15) is 5.75 Å². The van der Waals surface area contributed by atoms with Gasteiger partial charge in [0.15, 0.2) is 0 Å². The molecule has 0 heterocycles. The Morgan fingerprint density at radius 3 is 2.29 bits per heavy atom. The predicted octanol–water partition coefficient (Wildman–Crippen LogP) is 7.38. The van der Waals surface area contributed by atoms with Crippen molar-refractivity contribution in [3.8, 4) is 5.75 Å². The van der Waals surface area contributed by atoms with Crippen molar-refractivity contribution < 1.29 is 14.3 Å². The molecule has 168 valence electrons. The Kier molecular flexibility index (Phi) is 11.4. The highest BCUT2D eigenvalue weighted by atomic mass is 16.5. The van der Waals surface area contributed by atoms with E-state index in [0.29, 0.717) is 18.1 Å². The van der Waals surface area contributed by atoms with Gasteiger partial charge >= 0.3 is 5.97 Å². The maximum absolute atomic E-state index is 12.1. The number of aliphatic imine (C=N–C) groups is 1. The zero-order chi connectivity index (χ0) is 22.3. The summed E-state index contributed by atoms with van der Waals surface area (Å²) in [7, 11) is 0. The molecule has 0 bridgehead atoms. The zero-order valence-corrected chi connectivity index (χ0v) is 19.3. The lowest BCUT2D eigenvalue weighted by Crippen LogP contribution is -2.11. The molecular weight excluding hydrogens is 386 g/mol. The first kappa shape index (κ1) is 24.6. The molecule has 0 aliphatic rings. The van der Waals surface area contributed by atoms with Crippen LogP contribution in [-0.4, -0.2) is 25.4 Å². The number of rotatable bonds is 14. The minimum absolute atomic E-state index is 0.277. The number of esters is 1. The second-order valence-corrected chi connectivity index (χ2v) is 8.10. The maximum Gasteiger partial charge on any atom is 0.338 e. The van der Waals surface area contributed by atoms with Crippen LogP contribution in [0.2, 0.25) is 0 Å². The second-order valence-electron chi connectivity index (χ2n) is 8.10. The molecular formula is C27H37NO3. The van der Waals surface area contributed by atoms with E-state index in [1.807, 2.05) is 36.4 Å². The Bertz CT molecular complexity index is 781. The van der Waals surface area contributed by atoms with Gasteiger partial charge in [-0.3, -0.25) is 4.99 Å². The summed E-state index contributed by atoms with van der Waals surface area (Å²) in [5.74, 6) is 0.982. The van der Waals surface area contributed by atoms with Crippen LogP contribution in [0.1, 0.15) is 81.6 Å². The van der Waals surface area contributed by atoms with Crippen LogP contribution in [0.3, 0.4) is 0 Å². The highest BCUT2D eigenvalue weighted by molar-refractivity contribution is 5.91. The van der Waals surface area contributed by atoms with Crippen LogP contribution < -0.4 is 4.74 Å². The lowest BCUT2D eigenvalue weighted by molar-refractivity contribution is 0.0447. The quantitative estimate of drug-likeness (QED) is 0.181. The van der Waals surface area contributed by atoms with Crippen LogP contribution in [0.5, 0.6) is 5.75 Å². The molecule has 4 nitrogen and oxygen atoms in total. The molecule has 0 amide bonds. The molecule has 0 aromatic heterocycles. The third kappa shape index (κ3) is 9.82. The fraction of sp³-hybridized carbons (Fsp3) is 0.481. The van der Waals surface area contributed by atoms with Crippen molar-refractivity contribution in [1.82, 2.24) is 0 Å². The number of benzene rings is 2. The Hall–Kier alpha value is -2.62. The van der Waals surface area contributed by atoms with E-state index in [0.717, 1.165) is 36.4 Å². The van der Waals surface area contributed by atoms with E-state index in [1.165, 1.54) is 32.1 Å². The molecule has 31 heavy (non-hydrogen) atoms. The van der Waals surface area contributed by atoms with Gasteiger partial charge in [-0.1, -0.05) is 71.4 Å². The number of unbranched alkanes of at least 4 members (excludes halogenated alkanes) is 5. The van der Waals surface area contributed by atoms with Crippen molar-refractivity contribution in [3.63, 3.8) is 0 Å². The number of ether oxygens (including phenoxy) is 2. The van der Waals surface area contributed by atoms with Gasteiger partial charge in [-0.05, 0) is 54.3 Å². The van der Waals surface area contributed by atoms with Gasteiger partial charge in [-0.25, -0.2) is 4.79 Å². The van der Waals surface area contributed by atoms with Crippen molar-refractivity contribution in [3.05, 3.63) is 59.7 Å².